The molecule has 0 radical (unpaired) electrons. The summed E-state index contributed by atoms with van der Waals surface area (Å²) in [7, 11) is 0. The van der Waals surface area contributed by atoms with Crippen molar-refractivity contribution in [3.8, 4) is 0 Å². The summed E-state index contributed by atoms with van der Waals surface area (Å²) >= 11 is 0. The summed E-state index contributed by atoms with van der Waals surface area (Å²) in [5.74, 6) is 0.200. The first-order valence-electron chi connectivity index (χ1n) is 7.19. The van der Waals surface area contributed by atoms with Crippen LogP contribution in [0, 0.1) is 5.92 Å². The summed E-state index contributed by atoms with van der Waals surface area (Å²) in [6.07, 6.45) is 7.77. The molecule has 1 heterocycles. The van der Waals surface area contributed by atoms with E-state index in [-0.39, 0.29) is 5.69 Å². The summed E-state index contributed by atoms with van der Waals surface area (Å²) in [6.45, 7) is 4.33. The highest BCUT2D eigenvalue weighted by Crippen LogP contribution is 2.36. The van der Waals surface area contributed by atoms with Gasteiger partial charge in [0.15, 0.2) is 5.69 Å². The summed E-state index contributed by atoms with van der Waals surface area (Å²) in [4.78, 5) is 11.7. The van der Waals surface area contributed by atoms with Crippen molar-refractivity contribution >= 4 is 11.7 Å². The minimum atomic E-state index is -0.428. The molecule has 0 amide bonds. The predicted molar refractivity (Wildman–Crippen MR) is 73.9 cm³/mol. The molecule has 1 aliphatic rings. The molecule has 2 atom stereocenters. The first kappa shape index (κ1) is 13.9. The topological polar surface area (TPSA) is 70.1 Å². The summed E-state index contributed by atoms with van der Waals surface area (Å²) in [5.41, 5.74) is 6.55. The van der Waals surface area contributed by atoms with Gasteiger partial charge in [-0.25, -0.2) is 4.79 Å². The average molecular weight is 265 g/mol. The molecule has 106 valence electrons. The van der Waals surface area contributed by atoms with Crippen LogP contribution in [0.3, 0.4) is 0 Å². The molecule has 0 aromatic carbocycles. The molecule has 1 fully saturated rings. The van der Waals surface area contributed by atoms with Gasteiger partial charge in [-0.1, -0.05) is 26.2 Å². The number of anilines is 1. The number of nitrogens with zero attached hydrogens (tertiary/aromatic N) is 2. The maximum Gasteiger partial charge on any atom is 0.361 e. The van der Waals surface area contributed by atoms with Crippen LogP contribution in [0.1, 0.15) is 62.5 Å². The molecule has 0 aliphatic heterocycles. The Hall–Kier alpha value is -1.52. The zero-order chi connectivity index (χ0) is 13.8. The lowest BCUT2D eigenvalue weighted by atomic mass is 9.83. The van der Waals surface area contributed by atoms with Gasteiger partial charge in [-0.2, -0.15) is 5.10 Å². The molecule has 1 aromatic rings. The number of ether oxygens (including phenoxy) is 1. The molecule has 5 heteroatoms. The van der Waals surface area contributed by atoms with Gasteiger partial charge in [-0.05, 0) is 25.7 Å². The quantitative estimate of drug-likeness (QED) is 0.850. The van der Waals surface area contributed by atoms with E-state index in [0.29, 0.717) is 24.3 Å². The molecule has 0 spiro atoms. The Kier molecular flexibility index (Phi) is 4.45. The van der Waals surface area contributed by atoms with Gasteiger partial charge in [0.25, 0.3) is 0 Å². The number of hydrogen-bond donors (Lipinski definition) is 1. The second-order valence-corrected chi connectivity index (χ2v) is 5.15. The Bertz CT molecular complexity index is 442. The molecule has 1 aliphatic carbocycles. The zero-order valence-electron chi connectivity index (χ0n) is 11.8. The van der Waals surface area contributed by atoms with Gasteiger partial charge in [0.2, 0.25) is 0 Å². The Balaban J connectivity index is 2.20. The number of carbonyl (C=O) groups excluding carboxylic acids is 1. The number of carbonyl (C=O) groups is 1. The molecule has 0 bridgehead atoms. The fourth-order valence-corrected chi connectivity index (χ4v) is 2.95. The van der Waals surface area contributed by atoms with Crippen molar-refractivity contribution in [3.63, 3.8) is 0 Å². The fourth-order valence-electron chi connectivity index (χ4n) is 2.95. The van der Waals surface area contributed by atoms with E-state index in [1.54, 1.807) is 13.1 Å². The lowest BCUT2D eigenvalue weighted by molar-refractivity contribution is 0.0518. The normalized spacial score (nSPS) is 23.3. The van der Waals surface area contributed by atoms with Crippen LogP contribution >= 0.6 is 0 Å². The van der Waals surface area contributed by atoms with Crippen molar-refractivity contribution in [2.24, 2.45) is 5.92 Å². The number of hydrogen-bond acceptors (Lipinski definition) is 4. The van der Waals surface area contributed by atoms with Crippen molar-refractivity contribution < 1.29 is 9.53 Å². The number of aromatic nitrogens is 2. The second-order valence-electron chi connectivity index (χ2n) is 5.15. The van der Waals surface area contributed by atoms with Gasteiger partial charge in [-0.15, -0.1) is 0 Å². The second kappa shape index (κ2) is 6.08. The average Bonchev–Trinajstić information content (AvgIpc) is 2.81. The molecule has 0 saturated heterocycles. The highest BCUT2D eigenvalue weighted by Gasteiger charge is 2.27. The van der Waals surface area contributed by atoms with Crippen LogP contribution in [0.4, 0.5) is 5.69 Å². The van der Waals surface area contributed by atoms with Gasteiger partial charge in [0, 0.05) is 6.20 Å². The van der Waals surface area contributed by atoms with E-state index >= 15 is 0 Å². The van der Waals surface area contributed by atoms with Crippen molar-refractivity contribution in [3.05, 3.63) is 11.9 Å². The first-order valence-corrected chi connectivity index (χ1v) is 7.19. The van der Waals surface area contributed by atoms with Gasteiger partial charge in [0.1, 0.15) is 0 Å². The third-order valence-corrected chi connectivity index (χ3v) is 3.96. The van der Waals surface area contributed by atoms with Gasteiger partial charge < -0.3 is 10.5 Å². The van der Waals surface area contributed by atoms with Gasteiger partial charge in [-0.3, -0.25) is 4.68 Å². The largest absolute Gasteiger partial charge is 0.461 e. The molecular weight excluding hydrogens is 242 g/mol. The van der Waals surface area contributed by atoms with E-state index in [9.17, 15) is 4.79 Å². The molecule has 2 rings (SSSR count). The SMILES string of the molecule is CCOC(=O)c1nn(C2CCCCC2CC)cc1N. The van der Waals surface area contributed by atoms with Crippen LogP contribution < -0.4 is 5.73 Å². The smallest absolute Gasteiger partial charge is 0.361 e. The first-order chi connectivity index (χ1) is 9.17. The van der Waals surface area contributed by atoms with E-state index in [4.69, 9.17) is 10.5 Å². The van der Waals surface area contributed by atoms with Gasteiger partial charge in [0.05, 0.1) is 18.3 Å². The highest BCUT2D eigenvalue weighted by atomic mass is 16.5. The van der Waals surface area contributed by atoms with Crippen LogP contribution in [-0.4, -0.2) is 22.4 Å². The van der Waals surface area contributed by atoms with Crippen molar-refractivity contribution in [1.82, 2.24) is 9.78 Å². The van der Waals surface area contributed by atoms with Crippen molar-refractivity contribution in [1.29, 1.82) is 0 Å². The zero-order valence-corrected chi connectivity index (χ0v) is 11.8. The van der Waals surface area contributed by atoms with Crippen LogP contribution in [0.15, 0.2) is 6.20 Å². The minimum Gasteiger partial charge on any atom is -0.461 e. The standard InChI is InChI=1S/C14H23N3O2/c1-3-10-7-5-6-8-12(10)17-9-11(15)13(16-17)14(18)19-4-2/h9-10,12H,3-8,15H2,1-2H3. The van der Waals surface area contributed by atoms with E-state index in [2.05, 4.69) is 12.0 Å². The maximum absolute atomic E-state index is 11.7. The molecule has 5 nitrogen and oxygen atoms in total. The predicted octanol–water partition coefficient (Wildman–Crippen LogP) is 2.78. The van der Waals surface area contributed by atoms with Crippen LogP contribution in [0.5, 0.6) is 0 Å². The fraction of sp³-hybridized carbons (Fsp3) is 0.714. The Morgan fingerprint density at radius 1 is 1.47 bits per heavy atom. The molecule has 1 aromatic heterocycles. The van der Waals surface area contributed by atoms with Crippen molar-refractivity contribution in [2.75, 3.05) is 12.3 Å². The number of nitrogens with two attached hydrogens (primary N) is 1. The van der Waals surface area contributed by atoms with Crippen LogP contribution in [0.2, 0.25) is 0 Å². The van der Waals surface area contributed by atoms with E-state index < -0.39 is 5.97 Å². The Morgan fingerprint density at radius 2 is 2.21 bits per heavy atom. The molecule has 2 unspecified atom stereocenters. The Labute approximate surface area is 114 Å². The lowest BCUT2D eigenvalue weighted by Crippen LogP contribution is -2.23. The van der Waals surface area contributed by atoms with E-state index in [1.807, 2.05) is 4.68 Å². The molecule has 2 N–H and O–H groups in total. The minimum absolute atomic E-state index is 0.252. The summed E-state index contributed by atoms with van der Waals surface area (Å²) in [6, 6.07) is 0.365. The lowest BCUT2D eigenvalue weighted by Gasteiger charge is -2.30. The summed E-state index contributed by atoms with van der Waals surface area (Å²) in [5, 5.41) is 4.37. The van der Waals surface area contributed by atoms with Gasteiger partial charge >= 0.3 is 5.97 Å². The maximum atomic E-state index is 11.7. The Morgan fingerprint density at radius 3 is 2.89 bits per heavy atom. The summed E-state index contributed by atoms with van der Waals surface area (Å²) < 4.78 is 6.85. The monoisotopic (exact) mass is 265 g/mol. The van der Waals surface area contributed by atoms with Crippen molar-refractivity contribution in [2.45, 2.75) is 52.0 Å². The molecule has 19 heavy (non-hydrogen) atoms. The van der Waals surface area contributed by atoms with Crippen LogP contribution in [-0.2, 0) is 4.74 Å². The third-order valence-electron chi connectivity index (χ3n) is 3.96. The number of rotatable bonds is 4. The molecule has 1 saturated carbocycles. The van der Waals surface area contributed by atoms with E-state index in [1.165, 1.54) is 19.3 Å². The molecular formula is C14H23N3O2. The highest BCUT2D eigenvalue weighted by molar-refractivity contribution is 5.92. The number of esters is 1. The third kappa shape index (κ3) is 2.91. The van der Waals surface area contributed by atoms with Crippen LogP contribution in [0.25, 0.3) is 0 Å². The number of nitrogen functional groups attached to an aromatic ring is 1. The van der Waals surface area contributed by atoms with E-state index in [0.717, 1.165) is 12.8 Å².